The number of ether oxygens (including phenoxy) is 2. The lowest BCUT2D eigenvalue weighted by Gasteiger charge is -2.10. The highest BCUT2D eigenvalue weighted by atomic mass is 19.1. The first-order valence-electron chi connectivity index (χ1n) is 6.79. The summed E-state index contributed by atoms with van der Waals surface area (Å²) in [6, 6.07) is 17.0. The Morgan fingerprint density at radius 1 is 1.05 bits per heavy atom. The van der Waals surface area contributed by atoms with Gasteiger partial charge in [0.25, 0.3) is 0 Å². The van der Waals surface area contributed by atoms with E-state index in [1.54, 1.807) is 19.1 Å². The van der Waals surface area contributed by atoms with Gasteiger partial charge in [0.2, 0.25) is 0 Å². The Bertz CT molecular complexity index is 566. The number of hydrogen-bond acceptors (Lipinski definition) is 3. The monoisotopic (exact) mass is 288 g/mol. The maximum absolute atomic E-state index is 13.4. The molecule has 0 aliphatic rings. The lowest BCUT2D eigenvalue weighted by molar-refractivity contribution is -0.159. The van der Waals surface area contributed by atoms with Crippen molar-refractivity contribution in [3.8, 4) is 5.75 Å². The van der Waals surface area contributed by atoms with E-state index in [1.807, 2.05) is 42.5 Å². The van der Waals surface area contributed by atoms with Crippen LogP contribution in [0, 0.1) is 0 Å². The molecular formula is C17H17FO3. The zero-order valence-electron chi connectivity index (χ0n) is 11.8. The maximum atomic E-state index is 13.4. The van der Waals surface area contributed by atoms with Crippen molar-refractivity contribution in [3.05, 3.63) is 65.7 Å². The van der Waals surface area contributed by atoms with Gasteiger partial charge in [-0.15, -0.1) is 0 Å². The highest BCUT2D eigenvalue weighted by Gasteiger charge is 2.20. The number of hydrogen-bond donors (Lipinski definition) is 0. The van der Waals surface area contributed by atoms with Crippen molar-refractivity contribution < 1.29 is 18.7 Å². The normalized spacial score (nSPS) is 11.7. The molecule has 2 aromatic rings. The third-order valence-corrected chi connectivity index (χ3v) is 2.89. The van der Waals surface area contributed by atoms with Gasteiger partial charge in [0, 0.05) is 0 Å². The standard InChI is InChI=1S/C17H17FO3/c1-2-20-17(19)16(18)21-15-10-8-14(9-11-15)12-13-6-4-3-5-7-13/h3-11,16H,2,12H2,1H3. The number of carbonyl (C=O) groups is 1. The second kappa shape index (κ2) is 7.43. The van der Waals surface area contributed by atoms with Crippen LogP contribution in [0.2, 0.25) is 0 Å². The number of rotatable bonds is 6. The van der Waals surface area contributed by atoms with Crippen molar-refractivity contribution in [1.82, 2.24) is 0 Å². The first-order valence-corrected chi connectivity index (χ1v) is 6.79. The third-order valence-electron chi connectivity index (χ3n) is 2.89. The van der Waals surface area contributed by atoms with Crippen LogP contribution in [-0.2, 0) is 16.0 Å². The van der Waals surface area contributed by atoms with Crippen molar-refractivity contribution >= 4 is 5.97 Å². The third kappa shape index (κ3) is 4.60. The molecule has 0 amide bonds. The van der Waals surface area contributed by atoms with Crippen LogP contribution in [0.15, 0.2) is 54.6 Å². The van der Waals surface area contributed by atoms with Gasteiger partial charge in [-0.3, -0.25) is 0 Å². The minimum absolute atomic E-state index is 0.124. The van der Waals surface area contributed by atoms with Gasteiger partial charge in [0.15, 0.2) is 0 Å². The molecule has 0 aromatic heterocycles. The molecule has 0 saturated carbocycles. The molecule has 4 heteroatoms. The molecule has 0 aliphatic carbocycles. The first kappa shape index (κ1) is 15.0. The van der Waals surface area contributed by atoms with Crippen LogP contribution in [0.5, 0.6) is 5.75 Å². The van der Waals surface area contributed by atoms with E-state index in [0.29, 0.717) is 5.75 Å². The topological polar surface area (TPSA) is 35.5 Å². The molecule has 0 spiro atoms. The van der Waals surface area contributed by atoms with Crippen molar-refractivity contribution in [2.24, 2.45) is 0 Å². The van der Waals surface area contributed by atoms with E-state index in [1.165, 1.54) is 5.56 Å². The molecule has 2 aromatic carbocycles. The summed E-state index contributed by atoms with van der Waals surface area (Å²) in [6.45, 7) is 1.74. The molecule has 0 radical (unpaired) electrons. The van der Waals surface area contributed by atoms with Gasteiger partial charge in [-0.05, 0) is 36.6 Å². The van der Waals surface area contributed by atoms with E-state index in [0.717, 1.165) is 12.0 Å². The van der Waals surface area contributed by atoms with Gasteiger partial charge >= 0.3 is 12.3 Å². The molecule has 3 nitrogen and oxygen atoms in total. The van der Waals surface area contributed by atoms with Crippen LogP contribution in [0.25, 0.3) is 0 Å². The zero-order valence-corrected chi connectivity index (χ0v) is 11.8. The van der Waals surface area contributed by atoms with Crippen molar-refractivity contribution in [3.63, 3.8) is 0 Å². The van der Waals surface area contributed by atoms with Crippen LogP contribution >= 0.6 is 0 Å². The number of esters is 1. The highest BCUT2D eigenvalue weighted by Crippen LogP contribution is 2.17. The van der Waals surface area contributed by atoms with Crippen LogP contribution < -0.4 is 4.74 Å². The van der Waals surface area contributed by atoms with Crippen molar-refractivity contribution in [1.29, 1.82) is 0 Å². The van der Waals surface area contributed by atoms with Gasteiger partial charge in [-0.25, -0.2) is 4.79 Å². The Morgan fingerprint density at radius 2 is 1.67 bits per heavy atom. The number of carbonyl (C=O) groups excluding carboxylic acids is 1. The lowest BCUT2D eigenvalue weighted by atomic mass is 10.1. The molecular weight excluding hydrogens is 271 g/mol. The van der Waals surface area contributed by atoms with Gasteiger partial charge in [-0.1, -0.05) is 42.5 Å². The molecule has 0 saturated heterocycles. The summed E-state index contributed by atoms with van der Waals surface area (Å²) in [5.74, 6) is -0.710. The van der Waals surface area contributed by atoms with E-state index in [4.69, 9.17) is 4.74 Å². The molecule has 0 bridgehead atoms. The average Bonchev–Trinajstić information content (AvgIpc) is 2.50. The summed E-state index contributed by atoms with van der Waals surface area (Å²) >= 11 is 0. The van der Waals surface area contributed by atoms with Gasteiger partial charge < -0.3 is 9.47 Å². The van der Waals surface area contributed by atoms with E-state index in [9.17, 15) is 9.18 Å². The van der Waals surface area contributed by atoms with Crippen LogP contribution in [0.3, 0.4) is 0 Å². The van der Waals surface area contributed by atoms with Crippen LogP contribution in [0.4, 0.5) is 4.39 Å². The SMILES string of the molecule is CCOC(=O)C(F)Oc1ccc(Cc2ccccc2)cc1. The molecule has 0 heterocycles. The fourth-order valence-corrected chi connectivity index (χ4v) is 1.89. The fraction of sp³-hybridized carbons (Fsp3) is 0.235. The van der Waals surface area contributed by atoms with E-state index in [-0.39, 0.29) is 6.61 Å². The largest absolute Gasteiger partial charge is 0.461 e. The van der Waals surface area contributed by atoms with E-state index < -0.39 is 12.3 Å². The number of alkyl halides is 1. The molecule has 1 atom stereocenters. The summed E-state index contributed by atoms with van der Waals surface area (Å²) in [5, 5.41) is 0. The summed E-state index contributed by atoms with van der Waals surface area (Å²) in [6.07, 6.45) is -1.30. The Morgan fingerprint density at radius 3 is 2.29 bits per heavy atom. The van der Waals surface area contributed by atoms with Gasteiger partial charge in [-0.2, -0.15) is 4.39 Å². The zero-order chi connectivity index (χ0) is 15.1. The molecule has 0 fully saturated rings. The second-order valence-electron chi connectivity index (χ2n) is 4.49. The first-order chi connectivity index (χ1) is 10.2. The predicted octanol–water partition coefficient (Wildman–Crippen LogP) is 3.51. The Hall–Kier alpha value is -2.36. The summed E-state index contributed by atoms with van der Waals surface area (Å²) in [5.41, 5.74) is 2.28. The maximum Gasteiger partial charge on any atom is 0.381 e. The Kier molecular flexibility index (Phi) is 5.32. The molecule has 1 unspecified atom stereocenters. The molecule has 0 N–H and O–H groups in total. The summed E-state index contributed by atoms with van der Waals surface area (Å²) in [4.78, 5) is 11.1. The second-order valence-corrected chi connectivity index (χ2v) is 4.49. The van der Waals surface area contributed by atoms with E-state index in [2.05, 4.69) is 4.74 Å². The van der Waals surface area contributed by atoms with Gasteiger partial charge in [0.05, 0.1) is 6.61 Å². The van der Waals surface area contributed by atoms with Crippen LogP contribution in [-0.4, -0.2) is 18.9 Å². The number of benzene rings is 2. The minimum Gasteiger partial charge on any atom is -0.461 e. The molecule has 110 valence electrons. The molecule has 2 rings (SSSR count). The average molecular weight is 288 g/mol. The fourth-order valence-electron chi connectivity index (χ4n) is 1.89. The molecule has 21 heavy (non-hydrogen) atoms. The quantitative estimate of drug-likeness (QED) is 0.763. The smallest absolute Gasteiger partial charge is 0.381 e. The predicted molar refractivity (Wildman–Crippen MR) is 77.8 cm³/mol. The van der Waals surface area contributed by atoms with Gasteiger partial charge in [0.1, 0.15) is 5.75 Å². The summed E-state index contributed by atoms with van der Waals surface area (Å²) in [7, 11) is 0. The summed E-state index contributed by atoms with van der Waals surface area (Å²) < 4.78 is 22.9. The van der Waals surface area contributed by atoms with Crippen molar-refractivity contribution in [2.45, 2.75) is 19.7 Å². The minimum atomic E-state index is -2.09. The lowest BCUT2D eigenvalue weighted by Crippen LogP contribution is -2.24. The van der Waals surface area contributed by atoms with Crippen LogP contribution in [0.1, 0.15) is 18.1 Å². The number of halogens is 1. The Balaban J connectivity index is 1.94. The van der Waals surface area contributed by atoms with Crippen molar-refractivity contribution in [2.75, 3.05) is 6.61 Å². The highest BCUT2D eigenvalue weighted by molar-refractivity contribution is 5.73. The Labute approximate surface area is 123 Å². The van der Waals surface area contributed by atoms with E-state index >= 15 is 0 Å². The molecule has 0 aliphatic heterocycles.